The molecule has 1 atom stereocenters. The minimum atomic E-state index is 0.182. The number of hydrogen-bond acceptors (Lipinski definition) is 2. The Morgan fingerprint density at radius 1 is 1.00 bits per heavy atom. The predicted molar refractivity (Wildman–Crippen MR) is 112 cm³/mol. The molecule has 0 aliphatic carbocycles. The molecule has 0 saturated carbocycles. The van der Waals surface area contributed by atoms with Crippen LogP contribution in [-0.2, 0) is 0 Å². The van der Waals surface area contributed by atoms with Gasteiger partial charge in [0.2, 0.25) is 0 Å². The molecular weight excluding hydrogens is 451 g/mol. The maximum Gasteiger partial charge on any atom is 0.0594 e. The second-order valence-electron chi connectivity index (χ2n) is 4.38. The largest absolute Gasteiger partial charge is 0.121 e. The Hall–Kier alpha value is 0.120. The second-order valence-corrected chi connectivity index (χ2v) is 13.3. The molecule has 2 aromatic rings. The SMILES string of the molecule is CSC1=S(I)SC(c2ccc(Cl)cc2)=C1c1ccccc1. The first kappa shape index (κ1) is 16.0. The molecule has 0 nitrogen and oxygen atoms in total. The van der Waals surface area contributed by atoms with Crippen molar-refractivity contribution in [3.8, 4) is 0 Å². The Labute approximate surface area is 152 Å². The van der Waals surface area contributed by atoms with Crippen molar-refractivity contribution >= 4 is 76.7 Å². The smallest absolute Gasteiger partial charge is 0.0594 e. The number of halogens is 2. The Morgan fingerprint density at radius 2 is 1.67 bits per heavy atom. The van der Waals surface area contributed by atoms with Gasteiger partial charge in [-0.3, -0.25) is 0 Å². The predicted octanol–water partition coefficient (Wildman–Crippen LogP) is 6.98. The summed E-state index contributed by atoms with van der Waals surface area (Å²) in [7, 11) is 1.95. The first-order valence-electron chi connectivity index (χ1n) is 6.26. The van der Waals surface area contributed by atoms with Gasteiger partial charge in [-0.05, 0) is 36.2 Å². The van der Waals surface area contributed by atoms with Crippen molar-refractivity contribution in [1.82, 2.24) is 0 Å². The van der Waals surface area contributed by atoms with Gasteiger partial charge < -0.3 is 0 Å². The van der Waals surface area contributed by atoms with Gasteiger partial charge >= 0.3 is 0 Å². The Kier molecular flexibility index (Phi) is 5.43. The summed E-state index contributed by atoms with van der Waals surface area (Å²) in [4.78, 5) is 1.36. The van der Waals surface area contributed by atoms with E-state index in [-0.39, 0.29) is 6.69 Å². The van der Waals surface area contributed by atoms with E-state index in [9.17, 15) is 0 Å². The van der Waals surface area contributed by atoms with E-state index in [0.717, 1.165) is 5.02 Å². The van der Waals surface area contributed by atoms with Gasteiger partial charge in [0.1, 0.15) is 0 Å². The lowest BCUT2D eigenvalue weighted by molar-refractivity contribution is 1.63. The van der Waals surface area contributed by atoms with Crippen LogP contribution in [0.2, 0.25) is 5.02 Å². The van der Waals surface area contributed by atoms with Gasteiger partial charge in [-0.1, -0.05) is 64.9 Å². The number of rotatable bonds is 2. The quantitative estimate of drug-likeness (QED) is 0.268. The summed E-state index contributed by atoms with van der Waals surface area (Å²) in [5, 5.41) is 0.783. The normalized spacial score (nSPS) is 18.4. The number of benzene rings is 2. The molecule has 1 aliphatic rings. The average molecular weight is 463 g/mol. The molecule has 1 aliphatic heterocycles. The van der Waals surface area contributed by atoms with E-state index in [1.807, 2.05) is 34.7 Å². The van der Waals surface area contributed by atoms with Crippen molar-refractivity contribution in [3.63, 3.8) is 0 Å². The van der Waals surface area contributed by atoms with Crippen LogP contribution in [0.4, 0.5) is 0 Å². The van der Waals surface area contributed by atoms with Crippen molar-refractivity contribution < 1.29 is 0 Å². The Balaban J connectivity index is 2.17. The van der Waals surface area contributed by atoms with Gasteiger partial charge in [-0.15, -0.1) is 11.8 Å². The molecule has 0 saturated heterocycles. The Bertz CT molecular complexity index is 721. The van der Waals surface area contributed by atoms with E-state index < -0.39 is 0 Å². The molecule has 3 rings (SSSR count). The molecule has 0 amide bonds. The van der Waals surface area contributed by atoms with E-state index in [1.54, 1.807) is 0 Å². The van der Waals surface area contributed by atoms with E-state index in [0.29, 0.717) is 0 Å². The van der Waals surface area contributed by atoms with Gasteiger partial charge in [0, 0.05) is 36.7 Å². The lowest BCUT2D eigenvalue weighted by Gasteiger charge is -2.09. The molecule has 108 valence electrons. The second kappa shape index (κ2) is 7.13. The monoisotopic (exact) mass is 462 g/mol. The van der Waals surface area contributed by atoms with E-state index >= 15 is 0 Å². The minimum Gasteiger partial charge on any atom is -0.121 e. The van der Waals surface area contributed by atoms with Crippen LogP contribution < -0.4 is 0 Å². The number of hydrogen-bond donors (Lipinski definition) is 0. The first-order valence-corrected chi connectivity index (χ1v) is 13.0. The van der Waals surface area contributed by atoms with Crippen LogP contribution in [-0.4, -0.2) is 10.5 Å². The van der Waals surface area contributed by atoms with Crippen molar-refractivity contribution in [3.05, 3.63) is 70.7 Å². The van der Waals surface area contributed by atoms with Crippen molar-refractivity contribution in [2.75, 3.05) is 6.26 Å². The molecule has 5 heteroatoms. The molecule has 21 heavy (non-hydrogen) atoms. The molecule has 1 heterocycles. The van der Waals surface area contributed by atoms with E-state index in [2.05, 4.69) is 69.9 Å². The topological polar surface area (TPSA) is 0 Å². The fourth-order valence-corrected chi connectivity index (χ4v) is 10.8. The zero-order valence-electron chi connectivity index (χ0n) is 11.2. The Morgan fingerprint density at radius 3 is 2.29 bits per heavy atom. The third-order valence-electron chi connectivity index (χ3n) is 3.09. The zero-order chi connectivity index (χ0) is 14.8. The average Bonchev–Trinajstić information content (AvgIpc) is 2.85. The highest BCUT2D eigenvalue weighted by molar-refractivity contribution is 14.2. The number of thioether (sulfide) groups is 1. The summed E-state index contributed by atoms with van der Waals surface area (Å²) in [5.74, 6) is 0. The fraction of sp³-hybridized carbons (Fsp3) is 0.0625. The van der Waals surface area contributed by atoms with E-state index in [1.165, 1.54) is 25.8 Å². The molecule has 0 fully saturated rings. The van der Waals surface area contributed by atoms with Gasteiger partial charge in [-0.25, -0.2) is 0 Å². The van der Waals surface area contributed by atoms with Gasteiger partial charge in [-0.2, -0.15) is 0 Å². The van der Waals surface area contributed by atoms with Crippen LogP contribution in [0.15, 0.2) is 54.6 Å². The molecule has 0 aromatic heterocycles. The van der Waals surface area contributed by atoms with Gasteiger partial charge in [0.05, 0.1) is 4.20 Å². The fourth-order valence-electron chi connectivity index (χ4n) is 2.14. The van der Waals surface area contributed by atoms with Crippen LogP contribution in [0, 0.1) is 0 Å². The maximum atomic E-state index is 6.02. The highest BCUT2D eigenvalue weighted by Gasteiger charge is 2.25. The zero-order valence-corrected chi connectivity index (χ0v) is 16.5. The molecule has 1 unspecified atom stereocenters. The summed E-state index contributed by atoms with van der Waals surface area (Å²) in [6, 6.07) is 18.8. The van der Waals surface area contributed by atoms with Crippen LogP contribution >= 0.6 is 62.0 Å². The summed E-state index contributed by atoms with van der Waals surface area (Å²) < 4.78 is 1.47. The van der Waals surface area contributed by atoms with Crippen LogP contribution in [0.25, 0.3) is 10.5 Å². The maximum absolute atomic E-state index is 6.02. The third kappa shape index (κ3) is 3.39. The lowest BCUT2D eigenvalue weighted by atomic mass is 10.0. The molecule has 0 radical (unpaired) electrons. The summed E-state index contributed by atoms with van der Waals surface area (Å²) in [6.45, 7) is 0.182. The van der Waals surface area contributed by atoms with E-state index in [4.69, 9.17) is 11.6 Å². The first-order chi connectivity index (χ1) is 10.2. The highest BCUT2D eigenvalue weighted by Crippen LogP contribution is 2.60. The van der Waals surface area contributed by atoms with Crippen molar-refractivity contribution in [2.24, 2.45) is 0 Å². The third-order valence-corrected chi connectivity index (χ3v) is 11.8. The van der Waals surface area contributed by atoms with Crippen LogP contribution in [0.1, 0.15) is 11.1 Å². The summed E-state index contributed by atoms with van der Waals surface area (Å²) in [6.07, 6.45) is 2.17. The van der Waals surface area contributed by atoms with Crippen LogP contribution in [0.5, 0.6) is 0 Å². The van der Waals surface area contributed by atoms with Gasteiger partial charge in [0.25, 0.3) is 0 Å². The molecule has 0 bridgehead atoms. The van der Waals surface area contributed by atoms with Crippen LogP contribution in [0.3, 0.4) is 0 Å². The summed E-state index contributed by atoms with van der Waals surface area (Å²) >= 11 is 10.4. The molecule has 0 N–H and O–H groups in total. The standard InChI is InChI=1S/C16H12ClIS3/c1-19-16-14(11-5-3-2-4-6-11)15(20-21(16)18)12-7-9-13(17)10-8-12/h2-10H,1H3. The molecule has 2 aromatic carbocycles. The lowest BCUT2D eigenvalue weighted by Crippen LogP contribution is -1.95. The minimum absolute atomic E-state index is 0.182. The van der Waals surface area contributed by atoms with Crippen molar-refractivity contribution in [2.45, 2.75) is 0 Å². The highest BCUT2D eigenvalue weighted by atomic mass is 127. The van der Waals surface area contributed by atoms with Crippen molar-refractivity contribution in [1.29, 1.82) is 0 Å². The van der Waals surface area contributed by atoms with Gasteiger partial charge in [0.15, 0.2) is 0 Å². The summed E-state index contributed by atoms with van der Waals surface area (Å²) in [5.41, 5.74) is 3.93. The molecular formula is C16H12ClIS3. The molecule has 0 spiro atoms.